The second kappa shape index (κ2) is 10.7. The van der Waals surface area contributed by atoms with Gasteiger partial charge in [0.15, 0.2) is 0 Å². The molecule has 0 radical (unpaired) electrons. The lowest BCUT2D eigenvalue weighted by Gasteiger charge is -2.19. The molecule has 0 heterocycles. The molecule has 0 spiro atoms. The van der Waals surface area contributed by atoms with E-state index >= 15 is 0 Å². The number of Topliss-reactive ketones (excluding diaryl/α,β-unsaturated/α-hetero) is 1. The van der Waals surface area contributed by atoms with Crippen molar-refractivity contribution in [2.24, 2.45) is 0 Å². The van der Waals surface area contributed by atoms with Crippen LogP contribution in [0, 0.1) is 20.8 Å². The van der Waals surface area contributed by atoms with Crippen molar-refractivity contribution in [3.8, 4) is 17.2 Å². The Balaban J connectivity index is 0.000000735. The number of carbonyl (C=O) groups is 1. The lowest BCUT2D eigenvalue weighted by Crippen LogP contribution is -2.07. The Morgan fingerprint density at radius 3 is 0.967 bits per heavy atom. The fourth-order valence-electron chi connectivity index (χ4n) is 2.24. The quantitative estimate of drug-likeness (QED) is 0.403. The van der Waals surface area contributed by atoms with Gasteiger partial charge in [0.25, 0.3) is 0 Å². The van der Waals surface area contributed by atoms with Crippen LogP contribution in [0.1, 0.15) is 30.5 Å². The molecular weight excluding hydrogens is 399 g/mol. The predicted octanol–water partition coefficient (Wildman–Crippen LogP) is 6.85. The Hall–Kier alpha value is -3.04. The van der Waals surface area contributed by atoms with Crippen molar-refractivity contribution in [2.45, 2.75) is 34.6 Å². The van der Waals surface area contributed by atoms with E-state index in [4.69, 9.17) is 13.6 Å². The zero-order chi connectivity index (χ0) is 22.1. The first-order valence-electron chi connectivity index (χ1n) is 9.51. The second-order valence-electron chi connectivity index (χ2n) is 7.07. The minimum absolute atomic E-state index is 0.167. The smallest absolute Gasteiger partial charge is 0.386 e. The molecule has 3 aromatic carbocycles. The second-order valence-corrected chi connectivity index (χ2v) is 8.51. The highest BCUT2D eigenvalue weighted by Gasteiger charge is 2.33. The van der Waals surface area contributed by atoms with Crippen LogP contribution in [0.25, 0.3) is 0 Å². The van der Waals surface area contributed by atoms with Crippen LogP contribution in [0.15, 0.2) is 72.8 Å². The molecule has 6 heteroatoms. The topological polar surface area (TPSA) is 61.8 Å². The van der Waals surface area contributed by atoms with Crippen LogP contribution < -0.4 is 13.6 Å². The SMILES string of the molecule is CC(C)=O.Cc1ccc(OP(=O)(Oc2ccc(C)cc2)Oc2ccc(C)cc2)cc1. The molecule has 0 saturated carbocycles. The fraction of sp³-hybridized carbons (Fsp3) is 0.208. The molecule has 0 atom stereocenters. The van der Waals surface area contributed by atoms with Crippen LogP contribution in [0.5, 0.6) is 17.2 Å². The lowest BCUT2D eigenvalue weighted by atomic mass is 10.2. The van der Waals surface area contributed by atoms with Gasteiger partial charge in [-0.3, -0.25) is 0 Å². The van der Waals surface area contributed by atoms with Gasteiger partial charge in [-0.2, -0.15) is 4.57 Å². The summed E-state index contributed by atoms with van der Waals surface area (Å²) in [4.78, 5) is 9.44. The molecule has 0 aliphatic carbocycles. The summed E-state index contributed by atoms with van der Waals surface area (Å²) >= 11 is 0. The highest BCUT2D eigenvalue weighted by atomic mass is 31.2. The molecule has 0 aromatic heterocycles. The Kier molecular flexibility index (Phi) is 8.25. The van der Waals surface area contributed by atoms with Crippen LogP contribution in [0.2, 0.25) is 0 Å². The zero-order valence-electron chi connectivity index (χ0n) is 17.9. The third-order valence-electron chi connectivity index (χ3n) is 3.71. The summed E-state index contributed by atoms with van der Waals surface area (Å²) in [6.07, 6.45) is 0. The van der Waals surface area contributed by atoms with Gasteiger partial charge in [0.05, 0.1) is 0 Å². The molecule has 0 bridgehead atoms. The molecule has 30 heavy (non-hydrogen) atoms. The fourth-order valence-corrected chi connectivity index (χ4v) is 3.49. The first kappa shape index (κ1) is 23.2. The number of hydrogen-bond acceptors (Lipinski definition) is 5. The standard InChI is InChI=1S/C21H21O4P.C3H6O/c1-16-4-10-19(11-5-16)23-26(22,24-20-12-6-17(2)7-13-20)25-21-14-8-18(3)9-15-21;1-3(2)4/h4-15H,1-3H3;1-2H3. The van der Waals surface area contributed by atoms with Crippen LogP contribution in [-0.4, -0.2) is 5.78 Å². The van der Waals surface area contributed by atoms with Crippen LogP contribution in [0.4, 0.5) is 0 Å². The van der Waals surface area contributed by atoms with E-state index in [9.17, 15) is 9.36 Å². The van der Waals surface area contributed by atoms with E-state index < -0.39 is 7.82 Å². The number of phosphoric ester groups is 1. The van der Waals surface area contributed by atoms with E-state index in [0.29, 0.717) is 17.2 Å². The van der Waals surface area contributed by atoms with Crippen molar-refractivity contribution >= 4 is 13.6 Å². The highest BCUT2D eigenvalue weighted by molar-refractivity contribution is 7.49. The van der Waals surface area contributed by atoms with Crippen LogP contribution in [-0.2, 0) is 9.36 Å². The summed E-state index contributed by atoms with van der Waals surface area (Å²) in [5, 5.41) is 0. The average molecular weight is 426 g/mol. The number of rotatable bonds is 6. The maximum Gasteiger partial charge on any atom is 0.647 e. The van der Waals surface area contributed by atoms with Crippen molar-refractivity contribution < 1.29 is 22.9 Å². The molecule has 3 aromatic rings. The van der Waals surface area contributed by atoms with Gasteiger partial charge < -0.3 is 18.4 Å². The van der Waals surface area contributed by atoms with Crippen LogP contribution >= 0.6 is 7.82 Å². The summed E-state index contributed by atoms with van der Waals surface area (Å²) in [5.41, 5.74) is 3.23. The number of carbonyl (C=O) groups excluding carboxylic acids is 1. The van der Waals surface area contributed by atoms with Gasteiger partial charge in [0, 0.05) is 0 Å². The van der Waals surface area contributed by atoms with Gasteiger partial charge in [0.1, 0.15) is 23.0 Å². The van der Waals surface area contributed by atoms with E-state index in [1.165, 1.54) is 13.8 Å². The Labute approximate surface area is 178 Å². The molecule has 0 N–H and O–H groups in total. The summed E-state index contributed by atoms with van der Waals surface area (Å²) in [5.74, 6) is 1.41. The lowest BCUT2D eigenvalue weighted by molar-refractivity contribution is -0.115. The largest absolute Gasteiger partial charge is 0.647 e. The maximum atomic E-state index is 13.3. The predicted molar refractivity (Wildman–Crippen MR) is 119 cm³/mol. The number of benzene rings is 3. The van der Waals surface area contributed by atoms with Crippen molar-refractivity contribution in [1.29, 1.82) is 0 Å². The minimum Gasteiger partial charge on any atom is -0.386 e. The maximum absolute atomic E-state index is 13.3. The number of ketones is 1. The Bertz CT molecular complexity index is 867. The van der Waals surface area contributed by atoms with Gasteiger partial charge in [-0.1, -0.05) is 53.1 Å². The molecule has 5 nitrogen and oxygen atoms in total. The first-order valence-corrected chi connectivity index (χ1v) is 11.0. The van der Waals surface area contributed by atoms with Gasteiger partial charge in [0.2, 0.25) is 0 Å². The normalized spacial score (nSPS) is 10.4. The molecular formula is C24H27O5P. The van der Waals surface area contributed by atoms with Crippen molar-refractivity contribution in [2.75, 3.05) is 0 Å². The monoisotopic (exact) mass is 426 g/mol. The van der Waals surface area contributed by atoms with E-state index in [1.54, 1.807) is 36.4 Å². The summed E-state index contributed by atoms with van der Waals surface area (Å²) in [6.45, 7) is 8.96. The molecule has 0 aliphatic rings. The molecule has 0 aliphatic heterocycles. The number of hydrogen-bond donors (Lipinski definition) is 0. The van der Waals surface area contributed by atoms with Crippen molar-refractivity contribution in [3.63, 3.8) is 0 Å². The van der Waals surface area contributed by atoms with Crippen molar-refractivity contribution in [1.82, 2.24) is 0 Å². The summed E-state index contributed by atoms with van der Waals surface area (Å²) in [7, 11) is -3.93. The third kappa shape index (κ3) is 8.14. The molecule has 0 unspecified atom stereocenters. The summed E-state index contributed by atoms with van der Waals surface area (Å²) < 4.78 is 30.2. The van der Waals surface area contributed by atoms with Gasteiger partial charge in [-0.25, -0.2) is 0 Å². The van der Waals surface area contributed by atoms with E-state index in [2.05, 4.69) is 0 Å². The highest BCUT2D eigenvalue weighted by Crippen LogP contribution is 2.49. The van der Waals surface area contributed by atoms with Crippen LogP contribution in [0.3, 0.4) is 0 Å². The van der Waals surface area contributed by atoms with E-state index in [1.807, 2.05) is 57.2 Å². The Morgan fingerprint density at radius 1 is 0.567 bits per heavy atom. The molecule has 0 fully saturated rings. The van der Waals surface area contributed by atoms with E-state index in [0.717, 1.165) is 16.7 Å². The third-order valence-corrected chi connectivity index (χ3v) is 5.02. The minimum atomic E-state index is -3.93. The molecule has 0 amide bonds. The molecule has 158 valence electrons. The number of phosphoric acid groups is 1. The Morgan fingerprint density at radius 2 is 0.767 bits per heavy atom. The van der Waals surface area contributed by atoms with Gasteiger partial charge in [-0.05, 0) is 71.0 Å². The van der Waals surface area contributed by atoms with Gasteiger partial charge in [-0.15, -0.1) is 0 Å². The molecule has 3 rings (SSSR count). The van der Waals surface area contributed by atoms with E-state index in [-0.39, 0.29) is 5.78 Å². The summed E-state index contributed by atoms with van der Waals surface area (Å²) in [6, 6.07) is 21.6. The number of aryl methyl sites for hydroxylation is 3. The zero-order valence-corrected chi connectivity index (χ0v) is 18.8. The van der Waals surface area contributed by atoms with Gasteiger partial charge >= 0.3 is 7.82 Å². The average Bonchev–Trinajstić information content (AvgIpc) is 2.67. The first-order chi connectivity index (χ1) is 14.1. The molecule has 0 saturated heterocycles. The van der Waals surface area contributed by atoms with Crippen molar-refractivity contribution in [3.05, 3.63) is 89.5 Å².